The van der Waals surface area contributed by atoms with Crippen molar-refractivity contribution in [1.29, 1.82) is 0 Å². The normalized spacial score (nSPS) is 9.95. The molecule has 21 heavy (non-hydrogen) atoms. The Bertz CT molecular complexity index is 650. The number of nitrogens with two attached hydrogens (primary N) is 1. The Morgan fingerprint density at radius 1 is 1.05 bits per heavy atom. The van der Waals surface area contributed by atoms with E-state index in [2.05, 4.69) is 4.74 Å². The zero-order valence-corrected chi connectivity index (χ0v) is 11.5. The molecular weight excluding hydrogens is 270 g/mol. The molecule has 0 aliphatic carbocycles. The fourth-order valence-electron chi connectivity index (χ4n) is 1.85. The van der Waals surface area contributed by atoms with Crippen LogP contribution >= 0.6 is 0 Å². The van der Waals surface area contributed by atoms with Gasteiger partial charge in [0.05, 0.1) is 12.7 Å². The first-order valence-electron chi connectivity index (χ1n) is 6.30. The highest BCUT2D eigenvalue weighted by Gasteiger charge is 2.08. The van der Waals surface area contributed by atoms with E-state index < -0.39 is 11.9 Å². The smallest absolute Gasteiger partial charge is 0.337 e. The zero-order valence-electron chi connectivity index (χ0n) is 11.5. The van der Waals surface area contributed by atoms with Gasteiger partial charge < -0.3 is 15.2 Å². The largest absolute Gasteiger partial charge is 0.489 e. The van der Waals surface area contributed by atoms with E-state index >= 15 is 0 Å². The molecule has 5 nitrogen and oxygen atoms in total. The standard InChI is InChI=1S/C16H15NO4/c1-20-16(19)11-6-8-13(9-7-11)21-10-12-4-2-3-5-14(12)15(17)18/h2-9H,10H2,1H3,(H2,17,18). The third-order valence-electron chi connectivity index (χ3n) is 2.95. The van der Waals surface area contributed by atoms with Gasteiger partial charge in [-0.1, -0.05) is 18.2 Å². The maximum Gasteiger partial charge on any atom is 0.337 e. The van der Waals surface area contributed by atoms with Gasteiger partial charge in [0.15, 0.2) is 0 Å². The van der Waals surface area contributed by atoms with Crippen molar-refractivity contribution in [3.63, 3.8) is 0 Å². The van der Waals surface area contributed by atoms with Crippen LogP contribution < -0.4 is 10.5 Å². The van der Waals surface area contributed by atoms with Crippen molar-refractivity contribution in [3.8, 4) is 5.75 Å². The molecule has 5 heteroatoms. The molecule has 0 heterocycles. The summed E-state index contributed by atoms with van der Waals surface area (Å²) in [5.41, 5.74) is 6.90. The first-order valence-corrected chi connectivity index (χ1v) is 6.30. The first-order chi connectivity index (χ1) is 10.1. The number of primary amides is 1. The first kappa shape index (κ1) is 14.6. The minimum absolute atomic E-state index is 0.219. The Morgan fingerprint density at radius 2 is 1.71 bits per heavy atom. The molecule has 0 spiro atoms. The predicted octanol–water partition coefficient (Wildman–Crippen LogP) is 2.15. The second-order valence-corrected chi connectivity index (χ2v) is 4.33. The molecule has 2 N–H and O–H groups in total. The molecule has 0 aromatic heterocycles. The van der Waals surface area contributed by atoms with Crippen molar-refractivity contribution in [2.45, 2.75) is 6.61 Å². The number of ether oxygens (including phenoxy) is 2. The van der Waals surface area contributed by atoms with E-state index in [9.17, 15) is 9.59 Å². The fourth-order valence-corrected chi connectivity index (χ4v) is 1.85. The molecular formula is C16H15NO4. The van der Waals surface area contributed by atoms with Gasteiger partial charge in [-0.2, -0.15) is 0 Å². The van der Waals surface area contributed by atoms with E-state index in [1.807, 2.05) is 6.07 Å². The summed E-state index contributed by atoms with van der Waals surface area (Å²) in [6.07, 6.45) is 0. The van der Waals surface area contributed by atoms with E-state index in [4.69, 9.17) is 10.5 Å². The summed E-state index contributed by atoms with van der Waals surface area (Å²) >= 11 is 0. The number of esters is 1. The summed E-state index contributed by atoms with van der Waals surface area (Å²) in [6.45, 7) is 0.219. The van der Waals surface area contributed by atoms with Crippen LogP contribution in [0.15, 0.2) is 48.5 Å². The van der Waals surface area contributed by atoms with Crippen LogP contribution in [0.3, 0.4) is 0 Å². The van der Waals surface area contributed by atoms with Crippen molar-refractivity contribution in [2.24, 2.45) is 5.73 Å². The van der Waals surface area contributed by atoms with E-state index in [0.717, 1.165) is 0 Å². The second kappa shape index (κ2) is 6.56. The molecule has 0 saturated heterocycles. The van der Waals surface area contributed by atoms with Gasteiger partial charge in [0, 0.05) is 11.1 Å². The van der Waals surface area contributed by atoms with Crippen molar-refractivity contribution >= 4 is 11.9 Å². The third kappa shape index (κ3) is 3.60. The van der Waals surface area contributed by atoms with Crippen molar-refractivity contribution in [1.82, 2.24) is 0 Å². The summed E-state index contributed by atoms with van der Waals surface area (Å²) < 4.78 is 10.2. The monoisotopic (exact) mass is 285 g/mol. The van der Waals surface area contributed by atoms with E-state index in [-0.39, 0.29) is 6.61 Å². The molecule has 0 radical (unpaired) electrons. The fraction of sp³-hybridized carbons (Fsp3) is 0.125. The van der Waals surface area contributed by atoms with Crippen LogP contribution in [0.4, 0.5) is 0 Å². The minimum atomic E-state index is -0.491. The number of rotatable bonds is 5. The lowest BCUT2D eigenvalue weighted by molar-refractivity contribution is 0.0600. The number of carbonyl (C=O) groups excluding carboxylic acids is 2. The highest BCUT2D eigenvalue weighted by atomic mass is 16.5. The number of carbonyl (C=O) groups is 2. The molecule has 0 aliphatic heterocycles. The average Bonchev–Trinajstić information content (AvgIpc) is 2.52. The highest BCUT2D eigenvalue weighted by Crippen LogP contribution is 2.16. The molecule has 2 rings (SSSR count). The van der Waals surface area contributed by atoms with Gasteiger partial charge in [-0.25, -0.2) is 4.79 Å². The van der Waals surface area contributed by atoms with Gasteiger partial charge in [0.2, 0.25) is 5.91 Å². The van der Waals surface area contributed by atoms with Gasteiger partial charge in [0.1, 0.15) is 12.4 Å². The Kier molecular flexibility index (Phi) is 4.56. The minimum Gasteiger partial charge on any atom is -0.489 e. The topological polar surface area (TPSA) is 78.6 Å². The van der Waals surface area contributed by atoms with Crippen molar-refractivity contribution in [2.75, 3.05) is 7.11 Å². The SMILES string of the molecule is COC(=O)c1ccc(OCc2ccccc2C(N)=O)cc1. The molecule has 0 atom stereocenters. The van der Waals surface area contributed by atoms with E-state index in [1.165, 1.54) is 7.11 Å². The van der Waals surface area contributed by atoms with Gasteiger partial charge >= 0.3 is 5.97 Å². The molecule has 0 aliphatic rings. The number of hydrogen-bond donors (Lipinski definition) is 1. The van der Waals surface area contributed by atoms with Crippen LogP contribution in [0.2, 0.25) is 0 Å². The van der Waals surface area contributed by atoms with Gasteiger partial charge in [-0.3, -0.25) is 4.79 Å². The Labute approximate surface area is 122 Å². The quantitative estimate of drug-likeness (QED) is 0.854. The molecule has 0 fully saturated rings. The average molecular weight is 285 g/mol. The molecule has 1 amide bonds. The Balaban J connectivity index is 2.07. The maximum atomic E-state index is 11.3. The Hall–Kier alpha value is -2.82. The summed E-state index contributed by atoms with van der Waals surface area (Å²) in [5, 5.41) is 0. The summed E-state index contributed by atoms with van der Waals surface area (Å²) in [6, 6.07) is 13.5. The van der Waals surface area contributed by atoms with Gasteiger partial charge in [-0.05, 0) is 30.3 Å². The molecule has 2 aromatic carbocycles. The lowest BCUT2D eigenvalue weighted by Crippen LogP contribution is -2.14. The van der Waals surface area contributed by atoms with Gasteiger partial charge in [0.25, 0.3) is 0 Å². The Morgan fingerprint density at radius 3 is 2.33 bits per heavy atom. The van der Waals surface area contributed by atoms with Crippen LogP contribution in [0.5, 0.6) is 5.75 Å². The number of methoxy groups -OCH3 is 1. The zero-order chi connectivity index (χ0) is 15.2. The third-order valence-corrected chi connectivity index (χ3v) is 2.95. The van der Waals surface area contributed by atoms with Crippen LogP contribution in [0, 0.1) is 0 Å². The lowest BCUT2D eigenvalue weighted by atomic mass is 10.1. The maximum absolute atomic E-state index is 11.3. The van der Waals surface area contributed by atoms with Crippen LogP contribution in [-0.4, -0.2) is 19.0 Å². The molecule has 0 unspecified atom stereocenters. The molecule has 0 saturated carbocycles. The molecule has 0 bridgehead atoms. The van der Waals surface area contributed by atoms with Gasteiger partial charge in [-0.15, -0.1) is 0 Å². The number of benzene rings is 2. The highest BCUT2D eigenvalue weighted by molar-refractivity contribution is 5.94. The van der Waals surface area contributed by atoms with Crippen molar-refractivity contribution < 1.29 is 19.1 Å². The predicted molar refractivity (Wildman–Crippen MR) is 77.1 cm³/mol. The second-order valence-electron chi connectivity index (χ2n) is 4.33. The lowest BCUT2D eigenvalue weighted by Gasteiger charge is -2.09. The van der Waals surface area contributed by atoms with Crippen molar-refractivity contribution in [3.05, 3.63) is 65.2 Å². The summed E-state index contributed by atoms with van der Waals surface area (Å²) in [4.78, 5) is 22.6. The van der Waals surface area contributed by atoms with E-state index in [0.29, 0.717) is 22.4 Å². The summed E-state index contributed by atoms with van der Waals surface area (Å²) in [5.74, 6) is -0.308. The van der Waals surface area contributed by atoms with Crippen LogP contribution in [-0.2, 0) is 11.3 Å². The van der Waals surface area contributed by atoms with Crippen LogP contribution in [0.1, 0.15) is 26.3 Å². The molecule has 108 valence electrons. The van der Waals surface area contributed by atoms with Crippen LogP contribution in [0.25, 0.3) is 0 Å². The summed E-state index contributed by atoms with van der Waals surface area (Å²) in [7, 11) is 1.33. The number of hydrogen-bond acceptors (Lipinski definition) is 4. The number of amides is 1. The molecule has 2 aromatic rings. The van der Waals surface area contributed by atoms with E-state index in [1.54, 1.807) is 42.5 Å².